The summed E-state index contributed by atoms with van der Waals surface area (Å²) in [4.78, 5) is 21.2. The Balaban J connectivity index is 3.00. The van der Waals surface area contributed by atoms with Gasteiger partial charge in [0.05, 0.1) is 10.8 Å². The molecule has 0 radical (unpaired) electrons. The molecule has 0 saturated heterocycles. The van der Waals surface area contributed by atoms with E-state index in [9.17, 15) is 14.9 Å². The second kappa shape index (κ2) is 6.01. The van der Waals surface area contributed by atoms with Crippen molar-refractivity contribution in [3.63, 3.8) is 0 Å². The van der Waals surface area contributed by atoms with Crippen LogP contribution in [-0.4, -0.2) is 22.0 Å². The van der Waals surface area contributed by atoms with Crippen LogP contribution in [0, 0.1) is 23.0 Å². The predicted molar refractivity (Wildman–Crippen MR) is 75.4 cm³/mol. The Morgan fingerprint density at radius 3 is 2.53 bits per heavy atom. The minimum Gasteiger partial charge on any atom is -0.481 e. The number of benzene rings is 1. The summed E-state index contributed by atoms with van der Waals surface area (Å²) in [6.45, 7) is 5.00. The van der Waals surface area contributed by atoms with E-state index in [-0.39, 0.29) is 11.7 Å². The number of carbonyl (C=O) groups is 1. The van der Waals surface area contributed by atoms with Crippen molar-refractivity contribution in [3.8, 4) is 0 Å². The fraction of sp³-hybridized carbons (Fsp3) is 0.417. The lowest BCUT2D eigenvalue weighted by molar-refractivity contribution is -0.385. The molecule has 1 aromatic carbocycles. The van der Waals surface area contributed by atoms with Crippen molar-refractivity contribution in [2.24, 2.45) is 5.92 Å². The summed E-state index contributed by atoms with van der Waals surface area (Å²) in [5.41, 5.74) is 1.19. The number of nitrogens with zero attached hydrogens (tertiary/aromatic N) is 1. The molecule has 0 aromatic heterocycles. The third-order valence-corrected chi connectivity index (χ3v) is 3.66. The van der Waals surface area contributed by atoms with Crippen LogP contribution in [0.1, 0.15) is 19.4 Å². The van der Waals surface area contributed by atoms with E-state index in [0.29, 0.717) is 15.7 Å². The minimum absolute atomic E-state index is 0.0244. The van der Waals surface area contributed by atoms with Gasteiger partial charge < -0.3 is 10.4 Å². The van der Waals surface area contributed by atoms with E-state index < -0.39 is 16.8 Å². The highest BCUT2D eigenvalue weighted by molar-refractivity contribution is 9.10. The van der Waals surface area contributed by atoms with Crippen LogP contribution in [0.5, 0.6) is 0 Å². The molecule has 0 aliphatic carbocycles. The number of nitro benzene ring substituents is 1. The fourth-order valence-electron chi connectivity index (χ4n) is 1.56. The van der Waals surface area contributed by atoms with Gasteiger partial charge >= 0.3 is 5.97 Å². The largest absolute Gasteiger partial charge is 0.481 e. The predicted octanol–water partition coefficient (Wildman–Crippen LogP) is 3.19. The molecule has 19 heavy (non-hydrogen) atoms. The molecule has 1 aromatic rings. The van der Waals surface area contributed by atoms with Gasteiger partial charge in [0.1, 0.15) is 0 Å². The number of aryl methyl sites for hydroxylation is 1. The maximum Gasteiger partial charge on any atom is 0.308 e. The van der Waals surface area contributed by atoms with Gasteiger partial charge in [-0.05, 0) is 42.8 Å². The number of carboxylic acids is 1. The topological polar surface area (TPSA) is 92.5 Å². The van der Waals surface area contributed by atoms with Crippen molar-refractivity contribution >= 4 is 33.3 Å². The Hall–Kier alpha value is -1.63. The first-order valence-corrected chi connectivity index (χ1v) is 6.47. The molecule has 0 aliphatic heterocycles. The number of anilines is 1. The Morgan fingerprint density at radius 2 is 2.05 bits per heavy atom. The minimum atomic E-state index is -0.894. The van der Waals surface area contributed by atoms with Crippen molar-refractivity contribution in [2.45, 2.75) is 26.8 Å². The smallest absolute Gasteiger partial charge is 0.308 e. The van der Waals surface area contributed by atoms with Gasteiger partial charge in [0.25, 0.3) is 5.69 Å². The Bertz CT molecular complexity index is 519. The highest BCUT2D eigenvalue weighted by Gasteiger charge is 2.21. The summed E-state index contributed by atoms with van der Waals surface area (Å²) in [5.74, 6) is -1.46. The van der Waals surface area contributed by atoms with Crippen molar-refractivity contribution in [1.82, 2.24) is 0 Å². The van der Waals surface area contributed by atoms with E-state index in [1.165, 1.54) is 6.07 Å². The number of rotatable bonds is 5. The lowest BCUT2D eigenvalue weighted by atomic mass is 10.0. The van der Waals surface area contributed by atoms with Crippen molar-refractivity contribution in [3.05, 3.63) is 32.3 Å². The molecule has 7 heteroatoms. The van der Waals surface area contributed by atoms with Crippen molar-refractivity contribution in [1.29, 1.82) is 0 Å². The van der Waals surface area contributed by atoms with E-state index >= 15 is 0 Å². The maximum absolute atomic E-state index is 10.9. The molecule has 1 rings (SSSR count). The highest BCUT2D eigenvalue weighted by Crippen LogP contribution is 2.31. The lowest BCUT2D eigenvalue weighted by Gasteiger charge is -2.20. The summed E-state index contributed by atoms with van der Waals surface area (Å²) in [6.07, 6.45) is 0. The van der Waals surface area contributed by atoms with Gasteiger partial charge in [0.2, 0.25) is 0 Å². The summed E-state index contributed by atoms with van der Waals surface area (Å²) < 4.78 is 0.536. The molecule has 0 bridgehead atoms. The zero-order valence-corrected chi connectivity index (χ0v) is 12.4. The highest BCUT2D eigenvalue weighted by atomic mass is 79.9. The van der Waals surface area contributed by atoms with E-state index in [1.807, 2.05) is 0 Å². The van der Waals surface area contributed by atoms with Crippen LogP contribution < -0.4 is 5.32 Å². The van der Waals surface area contributed by atoms with Crippen LogP contribution >= 0.6 is 15.9 Å². The average molecular weight is 331 g/mol. The molecule has 6 nitrogen and oxygen atoms in total. The number of nitrogens with one attached hydrogen (secondary N) is 1. The van der Waals surface area contributed by atoms with E-state index in [2.05, 4.69) is 21.2 Å². The SMILES string of the molecule is Cc1cc(NC(C)C(C)C(=O)O)c(Br)cc1[N+](=O)[O-]. The molecule has 0 heterocycles. The van der Waals surface area contributed by atoms with Crippen LogP contribution in [-0.2, 0) is 4.79 Å². The number of hydrogen-bond donors (Lipinski definition) is 2. The lowest BCUT2D eigenvalue weighted by Crippen LogP contribution is -2.29. The summed E-state index contributed by atoms with van der Waals surface area (Å²) >= 11 is 3.25. The molecule has 0 spiro atoms. The zero-order chi connectivity index (χ0) is 14.7. The number of halogens is 1. The zero-order valence-electron chi connectivity index (χ0n) is 10.8. The normalized spacial score (nSPS) is 13.7. The first kappa shape index (κ1) is 15.4. The van der Waals surface area contributed by atoms with Gasteiger partial charge in [-0.1, -0.05) is 0 Å². The molecular formula is C12H15BrN2O4. The number of carboxylic acid groups (broad SMARTS) is 1. The molecular weight excluding hydrogens is 316 g/mol. The van der Waals surface area contributed by atoms with Crippen LogP contribution in [0.25, 0.3) is 0 Å². The summed E-state index contributed by atoms with van der Waals surface area (Å²) in [5, 5.41) is 22.8. The van der Waals surface area contributed by atoms with Gasteiger partial charge in [0, 0.05) is 27.8 Å². The summed E-state index contributed by atoms with van der Waals surface area (Å²) in [6, 6.07) is 2.75. The van der Waals surface area contributed by atoms with Gasteiger partial charge in [-0.3, -0.25) is 14.9 Å². The first-order valence-electron chi connectivity index (χ1n) is 5.68. The standard InChI is InChI=1S/C12H15BrN2O4/c1-6-4-10(9(13)5-11(6)15(18)19)14-8(3)7(2)12(16)17/h4-5,7-8,14H,1-3H3,(H,16,17). The van der Waals surface area contributed by atoms with E-state index in [0.717, 1.165) is 0 Å². The maximum atomic E-state index is 10.9. The van der Waals surface area contributed by atoms with Crippen molar-refractivity contribution < 1.29 is 14.8 Å². The second-order valence-electron chi connectivity index (χ2n) is 4.44. The van der Waals surface area contributed by atoms with Gasteiger partial charge in [-0.25, -0.2) is 0 Å². The molecule has 2 N–H and O–H groups in total. The Labute approximate surface area is 119 Å². The van der Waals surface area contributed by atoms with Gasteiger partial charge in [-0.2, -0.15) is 0 Å². The van der Waals surface area contributed by atoms with Crippen LogP contribution in [0.2, 0.25) is 0 Å². The molecule has 104 valence electrons. The quantitative estimate of drug-likeness (QED) is 0.638. The third kappa shape index (κ3) is 3.66. The third-order valence-electron chi connectivity index (χ3n) is 3.01. The molecule has 0 amide bonds. The molecule has 0 fully saturated rings. The monoisotopic (exact) mass is 330 g/mol. The van der Waals surface area contributed by atoms with Crippen molar-refractivity contribution in [2.75, 3.05) is 5.32 Å². The fourth-order valence-corrected chi connectivity index (χ4v) is 2.01. The van der Waals surface area contributed by atoms with Crippen LogP contribution in [0.3, 0.4) is 0 Å². The molecule has 2 unspecified atom stereocenters. The molecule has 0 aliphatic rings. The number of hydrogen-bond acceptors (Lipinski definition) is 4. The van der Waals surface area contributed by atoms with E-state index in [4.69, 9.17) is 5.11 Å². The average Bonchev–Trinajstić information content (AvgIpc) is 2.31. The van der Waals surface area contributed by atoms with Gasteiger partial charge in [0.15, 0.2) is 0 Å². The number of aliphatic carboxylic acids is 1. The van der Waals surface area contributed by atoms with Crippen LogP contribution in [0.15, 0.2) is 16.6 Å². The molecule has 0 saturated carbocycles. The van der Waals surface area contributed by atoms with Gasteiger partial charge in [-0.15, -0.1) is 0 Å². The molecule has 2 atom stereocenters. The summed E-state index contributed by atoms with van der Waals surface area (Å²) in [7, 11) is 0. The number of nitro groups is 1. The Morgan fingerprint density at radius 1 is 1.47 bits per heavy atom. The van der Waals surface area contributed by atoms with Crippen LogP contribution in [0.4, 0.5) is 11.4 Å². The Kier molecular flexibility index (Phi) is 4.88. The first-order chi connectivity index (χ1) is 8.73. The van der Waals surface area contributed by atoms with E-state index in [1.54, 1.807) is 26.8 Å². The second-order valence-corrected chi connectivity index (χ2v) is 5.29.